The van der Waals surface area contributed by atoms with Crippen molar-refractivity contribution in [2.75, 3.05) is 13.7 Å². The first-order valence-electron chi connectivity index (χ1n) is 20.8. The van der Waals surface area contributed by atoms with Crippen LogP contribution in [0.4, 0.5) is 4.79 Å². The van der Waals surface area contributed by atoms with Crippen LogP contribution in [0.5, 0.6) is 5.75 Å². The third kappa shape index (κ3) is 8.31. The molecule has 6 rings (SSSR count). The monoisotopic (exact) mass is 878 g/mol. The second-order valence-electron chi connectivity index (χ2n) is 18.6. The maximum atomic E-state index is 15.5. The van der Waals surface area contributed by atoms with Gasteiger partial charge in [-0.15, -0.1) is 0 Å². The number of carbonyl (C=O) groups excluding carboxylic acids is 6. The Morgan fingerprint density at radius 2 is 1.57 bits per heavy atom. The number of esters is 3. The number of amides is 2. The number of ether oxygens (including phenoxy) is 6. The van der Waals surface area contributed by atoms with Crippen molar-refractivity contribution in [3.8, 4) is 5.75 Å². The number of hydrogen-bond donors (Lipinski definition) is 5. The molecule has 2 amide bonds. The van der Waals surface area contributed by atoms with Crippen LogP contribution in [0.3, 0.4) is 0 Å². The van der Waals surface area contributed by atoms with Crippen LogP contribution in [0.2, 0.25) is 0 Å². The largest absolute Gasteiger partial charge is 0.497 e. The molecule has 5 N–H and O–H groups in total. The van der Waals surface area contributed by atoms with E-state index < -0.39 is 118 Å². The molecule has 17 nitrogen and oxygen atoms in total. The van der Waals surface area contributed by atoms with Crippen molar-refractivity contribution < 1.29 is 72.5 Å². The van der Waals surface area contributed by atoms with Gasteiger partial charge in [0.1, 0.15) is 23.6 Å². The Hall–Kier alpha value is -5.36. The second-order valence-corrected chi connectivity index (χ2v) is 18.6. The van der Waals surface area contributed by atoms with Gasteiger partial charge in [-0.05, 0) is 75.6 Å². The molecule has 1 unspecified atom stereocenters. The van der Waals surface area contributed by atoms with E-state index in [4.69, 9.17) is 28.4 Å². The number of aliphatic hydroxyl groups excluding tert-OH is 2. The van der Waals surface area contributed by atoms with Crippen LogP contribution in [0.15, 0.2) is 65.7 Å². The van der Waals surface area contributed by atoms with Crippen LogP contribution >= 0.6 is 0 Å². The fraction of sp³-hybridized carbons (Fsp3) is 0.565. The molecule has 63 heavy (non-hydrogen) atoms. The Kier molecular flexibility index (Phi) is 12.7. The number of alkyl carbamates (subject to hydrolysis) is 1. The van der Waals surface area contributed by atoms with E-state index in [0.29, 0.717) is 11.3 Å². The molecule has 3 aliphatic carbocycles. The first-order valence-corrected chi connectivity index (χ1v) is 20.8. The number of methoxy groups -OCH3 is 1. The van der Waals surface area contributed by atoms with Crippen LogP contribution in [0.1, 0.15) is 97.1 Å². The van der Waals surface area contributed by atoms with E-state index in [1.165, 1.54) is 33.1 Å². The Morgan fingerprint density at radius 3 is 2.11 bits per heavy atom. The van der Waals surface area contributed by atoms with E-state index >= 15 is 4.79 Å². The minimum Gasteiger partial charge on any atom is -0.497 e. The van der Waals surface area contributed by atoms with Crippen LogP contribution in [0, 0.1) is 16.7 Å². The first kappa shape index (κ1) is 47.1. The summed E-state index contributed by atoms with van der Waals surface area (Å²) in [6, 6.07) is 11.2. The van der Waals surface area contributed by atoms with Crippen molar-refractivity contribution in [1.29, 1.82) is 0 Å². The summed E-state index contributed by atoms with van der Waals surface area (Å²) < 4.78 is 34.7. The van der Waals surface area contributed by atoms with Crippen LogP contribution < -0.4 is 15.4 Å². The molecule has 3 fully saturated rings. The predicted molar refractivity (Wildman–Crippen MR) is 222 cm³/mol. The maximum absolute atomic E-state index is 15.5. The van der Waals surface area contributed by atoms with Crippen LogP contribution in [0.25, 0.3) is 0 Å². The molecule has 342 valence electrons. The molecule has 0 spiro atoms. The second kappa shape index (κ2) is 17.0. The SMILES string of the molecule is COc1ccc(C(=O)N[C@H]2C3[C@](C)(C(=O)[C@H](OC(C)=O)C4=C(C)[C@@H](OC(=O)[C@@H](O)[C@@H](NC(=O)OC(C)(C)C)c5ccccc5)C[C@]2(O)C4(C)C)[C@@H](O)C[C@H]2OC[C@@]32OC(C)=O)cc1. The van der Waals surface area contributed by atoms with E-state index in [9.17, 15) is 39.3 Å². The summed E-state index contributed by atoms with van der Waals surface area (Å²) in [6.45, 7) is 13.0. The van der Waals surface area contributed by atoms with Gasteiger partial charge in [0.15, 0.2) is 23.6 Å². The lowest BCUT2D eigenvalue weighted by atomic mass is 9.44. The van der Waals surface area contributed by atoms with Crippen LogP contribution in [-0.4, -0.2) is 118 Å². The molecule has 2 aromatic carbocycles. The van der Waals surface area contributed by atoms with Crippen molar-refractivity contribution >= 4 is 35.7 Å². The zero-order chi connectivity index (χ0) is 46.6. The Morgan fingerprint density at radius 1 is 0.937 bits per heavy atom. The summed E-state index contributed by atoms with van der Waals surface area (Å²) in [5.41, 5.74) is -8.01. The summed E-state index contributed by atoms with van der Waals surface area (Å²) in [5.74, 6) is -5.51. The third-order valence-electron chi connectivity index (χ3n) is 13.3. The lowest BCUT2D eigenvalue weighted by Crippen LogP contribution is -2.83. The lowest BCUT2D eigenvalue weighted by Gasteiger charge is -2.68. The van der Waals surface area contributed by atoms with Crippen molar-refractivity contribution in [3.63, 3.8) is 0 Å². The fourth-order valence-corrected chi connectivity index (χ4v) is 10.2. The van der Waals surface area contributed by atoms with Gasteiger partial charge < -0.3 is 54.4 Å². The lowest BCUT2D eigenvalue weighted by molar-refractivity contribution is -0.332. The molecule has 17 heteroatoms. The maximum Gasteiger partial charge on any atom is 0.408 e. The minimum atomic E-state index is -2.32. The number of fused-ring (bicyclic) bond motifs is 5. The molecule has 2 saturated carbocycles. The standard InChI is InChI=1S/C46H58N2O15/c1-23-29(61-40(55)34(52)33(26-14-12-11-13-15-26)47-41(56)63-42(4,5)6)21-46(57)37(48-39(54)27-16-18-28(58-10)19-17-27)36-44(9,30(51)20-31-45(36,22-59-31)62-25(3)50)38(53)35(60-24(2)49)32(23)43(46,7)8/h11-19,29-31,33-37,51-52,57H,20-22H2,1-10H3,(H,47,56)(H,48,54)/t29-,30-,31+,33-,34-,35+,36?,37-,44+,45-,46+/m0/s1. The number of carbonyl (C=O) groups is 6. The Balaban J connectivity index is 1.54. The normalized spacial score (nSPS) is 31.8. The summed E-state index contributed by atoms with van der Waals surface area (Å²) in [6.07, 6.45) is -9.57. The van der Waals surface area contributed by atoms with Crippen molar-refractivity contribution in [2.45, 2.75) is 135 Å². The highest BCUT2D eigenvalue weighted by Gasteiger charge is 2.77. The topological polar surface area (TPSA) is 243 Å². The first-order chi connectivity index (χ1) is 29.3. The zero-order valence-corrected chi connectivity index (χ0v) is 37.2. The molecule has 2 aromatic rings. The van der Waals surface area contributed by atoms with Crippen molar-refractivity contribution in [3.05, 3.63) is 76.9 Å². The number of benzene rings is 2. The zero-order valence-electron chi connectivity index (χ0n) is 37.2. The molecule has 0 radical (unpaired) electrons. The highest BCUT2D eigenvalue weighted by molar-refractivity contribution is 5.97. The summed E-state index contributed by atoms with van der Waals surface area (Å²) in [7, 11) is 1.46. The van der Waals surface area contributed by atoms with E-state index in [-0.39, 0.29) is 29.7 Å². The minimum absolute atomic E-state index is 0.0133. The molecule has 4 aliphatic rings. The number of hydrogen-bond acceptors (Lipinski definition) is 15. The summed E-state index contributed by atoms with van der Waals surface area (Å²) in [4.78, 5) is 83.4. The van der Waals surface area contributed by atoms with E-state index in [1.54, 1.807) is 77.1 Å². The average Bonchev–Trinajstić information content (AvgIpc) is 3.20. The molecule has 1 saturated heterocycles. The quantitative estimate of drug-likeness (QED) is 0.131. The van der Waals surface area contributed by atoms with Gasteiger partial charge in [-0.1, -0.05) is 44.2 Å². The van der Waals surface area contributed by atoms with E-state index in [2.05, 4.69) is 10.6 Å². The number of Topliss-reactive ketones (excluding diaryl/α,β-unsaturated/α-hetero) is 1. The van der Waals surface area contributed by atoms with Gasteiger partial charge in [-0.2, -0.15) is 0 Å². The molecule has 1 aliphatic heterocycles. The van der Waals surface area contributed by atoms with Crippen LogP contribution in [-0.2, 0) is 42.9 Å². The molecule has 0 aromatic heterocycles. The predicted octanol–water partition coefficient (Wildman–Crippen LogP) is 3.41. The molecule has 11 atom stereocenters. The van der Waals surface area contributed by atoms with Gasteiger partial charge in [0.05, 0.1) is 42.9 Å². The molecule has 1 heterocycles. The Bertz CT molecular complexity index is 2170. The molecular weight excluding hydrogens is 821 g/mol. The van der Waals surface area contributed by atoms with Crippen molar-refractivity contribution in [1.82, 2.24) is 10.6 Å². The number of nitrogens with one attached hydrogen (secondary N) is 2. The molecular formula is C46H58N2O15. The van der Waals surface area contributed by atoms with E-state index in [1.807, 2.05) is 0 Å². The number of aliphatic hydroxyl groups is 3. The number of rotatable bonds is 10. The highest BCUT2D eigenvalue weighted by Crippen LogP contribution is 2.63. The molecule has 2 bridgehead atoms. The van der Waals surface area contributed by atoms with Gasteiger partial charge in [0.2, 0.25) is 0 Å². The fourth-order valence-electron chi connectivity index (χ4n) is 10.2. The van der Waals surface area contributed by atoms with Gasteiger partial charge in [-0.3, -0.25) is 19.2 Å². The van der Waals surface area contributed by atoms with Gasteiger partial charge in [-0.25, -0.2) is 9.59 Å². The third-order valence-corrected chi connectivity index (χ3v) is 13.3. The Labute approximate surface area is 365 Å². The van der Waals surface area contributed by atoms with Gasteiger partial charge in [0, 0.05) is 43.6 Å². The average molecular weight is 879 g/mol. The number of ketones is 1. The van der Waals surface area contributed by atoms with Gasteiger partial charge >= 0.3 is 24.0 Å². The van der Waals surface area contributed by atoms with E-state index in [0.717, 1.165) is 13.8 Å². The van der Waals surface area contributed by atoms with Gasteiger partial charge in [0.25, 0.3) is 5.91 Å². The smallest absolute Gasteiger partial charge is 0.408 e. The van der Waals surface area contributed by atoms with Crippen molar-refractivity contribution in [2.24, 2.45) is 16.7 Å². The highest BCUT2D eigenvalue weighted by atomic mass is 16.6. The summed E-state index contributed by atoms with van der Waals surface area (Å²) >= 11 is 0. The summed E-state index contributed by atoms with van der Waals surface area (Å²) in [5, 5.41) is 43.1.